The molecular weight excluding hydrogens is 498 g/mol. The second-order valence-electron chi connectivity index (χ2n) is 8.75. The van der Waals surface area contributed by atoms with Gasteiger partial charge in [0, 0.05) is 38.4 Å². The van der Waals surface area contributed by atoms with Crippen molar-refractivity contribution in [1.82, 2.24) is 19.9 Å². The van der Waals surface area contributed by atoms with E-state index in [1.165, 1.54) is 24.7 Å². The van der Waals surface area contributed by atoms with Crippen LogP contribution in [-0.2, 0) is 4.74 Å². The molecule has 1 atom stereocenters. The zero-order valence-electron chi connectivity index (χ0n) is 20.1. The highest BCUT2D eigenvalue weighted by atomic mass is 32.1. The Bertz CT molecular complexity index is 1420. The number of pyridine rings is 2. The minimum absolute atomic E-state index is 0.122. The molecule has 0 spiro atoms. The van der Waals surface area contributed by atoms with Gasteiger partial charge < -0.3 is 34.1 Å². The highest BCUT2D eigenvalue weighted by Gasteiger charge is 2.27. The number of rotatable bonds is 6. The molecule has 0 saturated carbocycles. The average molecular weight is 524 g/mol. The van der Waals surface area contributed by atoms with Crippen molar-refractivity contribution in [3.63, 3.8) is 0 Å². The van der Waals surface area contributed by atoms with Gasteiger partial charge in [0.05, 0.1) is 42.4 Å². The number of aromatic nitrogens is 4. The van der Waals surface area contributed by atoms with Crippen molar-refractivity contribution in [3.05, 3.63) is 36.4 Å². The summed E-state index contributed by atoms with van der Waals surface area (Å²) < 4.78 is 16.9. The Labute approximate surface area is 215 Å². The monoisotopic (exact) mass is 523 g/mol. The first-order valence-electron chi connectivity index (χ1n) is 11.9. The molecule has 1 amide bonds. The normalized spacial score (nSPS) is 17.9. The van der Waals surface area contributed by atoms with Crippen LogP contribution in [0.5, 0.6) is 5.88 Å². The molecule has 0 bridgehead atoms. The lowest BCUT2D eigenvalue weighted by molar-refractivity contribution is 0.102. The van der Waals surface area contributed by atoms with E-state index in [4.69, 9.17) is 23.9 Å². The number of nitrogens with one attached hydrogen (secondary N) is 1. The molecule has 13 heteroatoms. The third-order valence-electron chi connectivity index (χ3n) is 6.27. The van der Waals surface area contributed by atoms with Crippen LogP contribution in [0.15, 0.2) is 35.1 Å². The summed E-state index contributed by atoms with van der Waals surface area (Å²) >= 11 is 1.52. The van der Waals surface area contributed by atoms with Crippen LogP contribution in [0.2, 0.25) is 0 Å². The van der Waals surface area contributed by atoms with Crippen molar-refractivity contribution in [2.75, 3.05) is 61.6 Å². The van der Waals surface area contributed by atoms with Crippen molar-refractivity contribution < 1.29 is 23.8 Å². The standard InChI is InChI=1S/C24H25N7O5S/c1-34-19-3-2-14(11-25-19)23-27-17(13-36-23)22(33)26-16-10-18-20(28-21(16)31-5-4-15(32)12-31)29-24(37-18)30-6-8-35-9-7-30/h2-3,10-11,13,15,32H,4-9,12H2,1H3,(H,26,33)/t15-/m1/s1. The van der Waals surface area contributed by atoms with E-state index in [9.17, 15) is 9.90 Å². The number of nitrogens with zero attached hydrogens (tertiary/aromatic N) is 6. The number of morpholine rings is 1. The summed E-state index contributed by atoms with van der Waals surface area (Å²) in [6, 6.07) is 5.33. The Morgan fingerprint density at radius 1 is 1.19 bits per heavy atom. The van der Waals surface area contributed by atoms with Crippen molar-refractivity contribution in [1.29, 1.82) is 0 Å². The number of β-amino-alcohol motifs (C(OH)–C–C–N with tert-alkyl or cyclic N) is 1. The molecule has 192 valence electrons. The molecular formula is C24H25N7O5S. The Hall–Kier alpha value is -3.81. The van der Waals surface area contributed by atoms with Gasteiger partial charge in [-0.1, -0.05) is 11.3 Å². The van der Waals surface area contributed by atoms with Gasteiger partial charge in [0.25, 0.3) is 5.91 Å². The number of anilines is 3. The predicted molar refractivity (Wildman–Crippen MR) is 138 cm³/mol. The number of fused-ring (bicyclic) bond motifs is 1. The van der Waals surface area contributed by atoms with Crippen LogP contribution in [0.25, 0.3) is 21.8 Å². The maximum absolute atomic E-state index is 13.2. The number of carbonyl (C=O) groups is 1. The van der Waals surface area contributed by atoms with Crippen molar-refractivity contribution in [2.24, 2.45) is 0 Å². The lowest BCUT2D eigenvalue weighted by Crippen LogP contribution is -2.36. The van der Waals surface area contributed by atoms with Crippen LogP contribution < -0.4 is 19.9 Å². The molecule has 37 heavy (non-hydrogen) atoms. The maximum atomic E-state index is 13.2. The predicted octanol–water partition coefficient (Wildman–Crippen LogP) is 2.41. The lowest BCUT2D eigenvalue weighted by Gasteiger charge is -2.25. The van der Waals surface area contributed by atoms with Crippen LogP contribution in [0.4, 0.5) is 16.6 Å². The van der Waals surface area contributed by atoms with E-state index >= 15 is 0 Å². The van der Waals surface area contributed by atoms with Gasteiger partial charge in [-0.25, -0.2) is 15.0 Å². The van der Waals surface area contributed by atoms with Crippen LogP contribution in [0, 0.1) is 0 Å². The molecule has 2 N–H and O–H groups in total. The number of amides is 1. The van der Waals surface area contributed by atoms with Gasteiger partial charge in [-0.2, -0.15) is 4.98 Å². The first kappa shape index (κ1) is 23.6. The topological polar surface area (TPSA) is 139 Å². The highest BCUT2D eigenvalue weighted by molar-refractivity contribution is 7.22. The molecule has 12 nitrogen and oxygen atoms in total. The summed E-state index contributed by atoms with van der Waals surface area (Å²) in [5, 5.41) is 13.9. The molecule has 6 rings (SSSR count). The van der Waals surface area contributed by atoms with Gasteiger partial charge in [-0.3, -0.25) is 4.79 Å². The van der Waals surface area contributed by atoms with Crippen LogP contribution in [0.3, 0.4) is 0 Å². The molecule has 0 aliphatic carbocycles. The van der Waals surface area contributed by atoms with Gasteiger partial charge in [-0.15, -0.1) is 0 Å². The second-order valence-corrected chi connectivity index (χ2v) is 9.76. The number of aliphatic hydroxyl groups is 1. The Balaban J connectivity index is 1.29. The number of hydrogen-bond acceptors (Lipinski definition) is 12. The van der Waals surface area contributed by atoms with E-state index in [0.717, 1.165) is 22.9 Å². The molecule has 0 unspecified atom stereocenters. The minimum Gasteiger partial charge on any atom is -0.481 e. The summed E-state index contributed by atoms with van der Waals surface area (Å²) in [6.07, 6.45) is 3.06. The molecule has 6 heterocycles. The number of carbonyl (C=O) groups excluding carboxylic acids is 1. The number of hydrogen-bond donors (Lipinski definition) is 2. The smallest absolute Gasteiger partial charge is 0.277 e. The molecule has 2 saturated heterocycles. The summed E-state index contributed by atoms with van der Waals surface area (Å²) in [5.41, 5.74) is 1.88. The van der Waals surface area contributed by atoms with Crippen LogP contribution in [-0.4, -0.2) is 83.6 Å². The molecule has 0 aromatic carbocycles. The van der Waals surface area contributed by atoms with Gasteiger partial charge in [0.1, 0.15) is 6.26 Å². The fourth-order valence-electron chi connectivity index (χ4n) is 4.32. The SMILES string of the molecule is COc1ccc(-c2nc(C(=O)Nc3cc4sc(N5CCOCC5)nc4nc3N3CC[C@@H](O)C3)co2)cn1. The van der Waals surface area contributed by atoms with Crippen LogP contribution >= 0.6 is 11.3 Å². The quantitative estimate of drug-likeness (QED) is 0.385. The largest absolute Gasteiger partial charge is 0.481 e. The molecule has 0 radical (unpaired) electrons. The molecule has 4 aromatic heterocycles. The number of thiazole rings is 1. The molecule has 2 aliphatic rings. The zero-order valence-corrected chi connectivity index (χ0v) is 20.9. The minimum atomic E-state index is -0.448. The fraction of sp³-hybridized carbons (Fsp3) is 0.375. The Morgan fingerprint density at radius 3 is 2.78 bits per heavy atom. The van der Waals surface area contributed by atoms with E-state index in [2.05, 4.69) is 20.2 Å². The highest BCUT2D eigenvalue weighted by Crippen LogP contribution is 2.36. The number of methoxy groups -OCH3 is 1. The molecule has 2 aliphatic heterocycles. The molecule has 2 fully saturated rings. The van der Waals surface area contributed by atoms with Gasteiger partial charge in [0.15, 0.2) is 22.3 Å². The van der Waals surface area contributed by atoms with E-state index in [-0.39, 0.29) is 11.6 Å². The summed E-state index contributed by atoms with van der Waals surface area (Å²) in [6.45, 7) is 3.92. The Morgan fingerprint density at radius 2 is 2.05 bits per heavy atom. The summed E-state index contributed by atoms with van der Waals surface area (Å²) in [5.74, 6) is 0.876. The molecule has 4 aromatic rings. The fourth-order valence-corrected chi connectivity index (χ4v) is 5.32. The second kappa shape index (κ2) is 9.92. The third kappa shape index (κ3) is 4.80. The van der Waals surface area contributed by atoms with Crippen molar-refractivity contribution in [2.45, 2.75) is 12.5 Å². The van der Waals surface area contributed by atoms with Gasteiger partial charge in [-0.05, 0) is 18.6 Å². The van der Waals surface area contributed by atoms with E-state index < -0.39 is 12.0 Å². The van der Waals surface area contributed by atoms with Gasteiger partial charge >= 0.3 is 0 Å². The number of oxazole rings is 1. The van der Waals surface area contributed by atoms with E-state index in [1.807, 2.05) is 11.0 Å². The first-order chi connectivity index (χ1) is 18.1. The first-order valence-corrected chi connectivity index (χ1v) is 12.7. The Kier molecular flexibility index (Phi) is 6.32. The summed E-state index contributed by atoms with van der Waals surface area (Å²) in [4.78, 5) is 35.4. The number of aliphatic hydroxyl groups excluding tert-OH is 1. The van der Waals surface area contributed by atoms with Crippen molar-refractivity contribution >= 4 is 44.2 Å². The number of ether oxygens (including phenoxy) is 2. The summed E-state index contributed by atoms with van der Waals surface area (Å²) in [7, 11) is 1.54. The van der Waals surface area contributed by atoms with Crippen LogP contribution in [0.1, 0.15) is 16.9 Å². The maximum Gasteiger partial charge on any atom is 0.277 e. The van der Waals surface area contributed by atoms with E-state index in [0.29, 0.717) is 61.3 Å². The lowest BCUT2D eigenvalue weighted by atomic mass is 10.3. The van der Waals surface area contributed by atoms with Crippen molar-refractivity contribution in [3.8, 4) is 17.3 Å². The van der Waals surface area contributed by atoms with E-state index in [1.54, 1.807) is 18.3 Å². The zero-order chi connectivity index (χ0) is 25.4. The van der Waals surface area contributed by atoms with Gasteiger partial charge in [0.2, 0.25) is 11.8 Å². The average Bonchev–Trinajstić information content (AvgIpc) is 3.68. The third-order valence-corrected chi connectivity index (χ3v) is 7.33.